The third-order valence-electron chi connectivity index (χ3n) is 3.76. The molecule has 1 fully saturated rings. The highest BCUT2D eigenvalue weighted by molar-refractivity contribution is 5.46. The standard InChI is InChI=1S/C14H23N3/c1-4-6-16-13(11-8-10(11)3)12-9(2)5-7-17-14(12)15/h5,7,10-11,13,16H,4,6,8H2,1-3H3,(H2,15,17). The second-order valence-electron chi connectivity index (χ2n) is 5.24. The molecule has 0 saturated heterocycles. The van der Waals surface area contributed by atoms with Gasteiger partial charge < -0.3 is 11.1 Å². The van der Waals surface area contributed by atoms with Gasteiger partial charge in [-0.3, -0.25) is 0 Å². The fourth-order valence-corrected chi connectivity index (χ4v) is 2.58. The van der Waals surface area contributed by atoms with Crippen molar-refractivity contribution < 1.29 is 0 Å². The van der Waals surface area contributed by atoms with E-state index in [9.17, 15) is 0 Å². The number of nitrogens with zero attached hydrogens (tertiary/aromatic N) is 1. The van der Waals surface area contributed by atoms with Crippen LogP contribution in [0.1, 0.15) is 43.9 Å². The van der Waals surface area contributed by atoms with Crippen LogP contribution in [0.15, 0.2) is 12.3 Å². The Labute approximate surface area is 104 Å². The van der Waals surface area contributed by atoms with Gasteiger partial charge in [-0.2, -0.15) is 0 Å². The number of pyridine rings is 1. The van der Waals surface area contributed by atoms with E-state index in [2.05, 4.69) is 37.1 Å². The predicted octanol–water partition coefficient (Wildman–Crippen LogP) is 2.67. The Morgan fingerprint density at radius 3 is 2.82 bits per heavy atom. The average molecular weight is 233 g/mol. The van der Waals surface area contributed by atoms with Crippen molar-refractivity contribution in [3.63, 3.8) is 0 Å². The minimum atomic E-state index is 0.388. The molecule has 1 aliphatic carbocycles. The van der Waals surface area contributed by atoms with Gasteiger partial charge >= 0.3 is 0 Å². The van der Waals surface area contributed by atoms with Crippen LogP contribution < -0.4 is 11.1 Å². The largest absolute Gasteiger partial charge is 0.383 e. The van der Waals surface area contributed by atoms with E-state index < -0.39 is 0 Å². The van der Waals surface area contributed by atoms with Crippen LogP contribution in [-0.2, 0) is 0 Å². The molecule has 0 aliphatic heterocycles. The van der Waals surface area contributed by atoms with Gasteiger partial charge in [0.2, 0.25) is 0 Å². The summed E-state index contributed by atoms with van der Waals surface area (Å²) in [6.45, 7) is 7.68. The maximum Gasteiger partial charge on any atom is 0.128 e. The number of aromatic nitrogens is 1. The number of hydrogen-bond donors (Lipinski definition) is 2. The Hall–Kier alpha value is -1.09. The Bertz CT molecular complexity index is 369. The summed E-state index contributed by atoms with van der Waals surface area (Å²) in [6, 6.07) is 2.44. The summed E-state index contributed by atoms with van der Waals surface area (Å²) in [7, 11) is 0. The van der Waals surface area contributed by atoms with E-state index in [0.29, 0.717) is 11.9 Å². The molecule has 0 bridgehead atoms. The molecule has 1 aromatic heterocycles. The molecule has 1 aliphatic rings. The molecule has 0 amide bonds. The zero-order chi connectivity index (χ0) is 12.4. The van der Waals surface area contributed by atoms with Gasteiger partial charge in [0.25, 0.3) is 0 Å². The normalized spacial score (nSPS) is 24.6. The number of nitrogens with two attached hydrogens (primary N) is 1. The van der Waals surface area contributed by atoms with Crippen molar-refractivity contribution in [1.29, 1.82) is 0 Å². The van der Waals surface area contributed by atoms with E-state index in [0.717, 1.165) is 24.8 Å². The lowest BCUT2D eigenvalue weighted by atomic mass is 9.97. The molecule has 0 radical (unpaired) electrons. The summed E-state index contributed by atoms with van der Waals surface area (Å²) < 4.78 is 0. The molecular weight excluding hydrogens is 210 g/mol. The lowest BCUT2D eigenvalue weighted by Crippen LogP contribution is -2.26. The van der Waals surface area contributed by atoms with Crippen molar-refractivity contribution in [2.24, 2.45) is 11.8 Å². The van der Waals surface area contributed by atoms with Crippen LogP contribution in [0.25, 0.3) is 0 Å². The van der Waals surface area contributed by atoms with Gasteiger partial charge in [0, 0.05) is 17.8 Å². The highest BCUT2D eigenvalue weighted by Crippen LogP contribution is 2.48. The van der Waals surface area contributed by atoms with E-state index in [4.69, 9.17) is 5.73 Å². The average Bonchev–Trinajstić information content (AvgIpc) is 2.99. The van der Waals surface area contributed by atoms with Gasteiger partial charge in [0.05, 0.1) is 0 Å². The molecule has 0 spiro atoms. The van der Waals surface area contributed by atoms with Gasteiger partial charge in [-0.1, -0.05) is 13.8 Å². The van der Waals surface area contributed by atoms with Crippen LogP contribution in [0.4, 0.5) is 5.82 Å². The maximum absolute atomic E-state index is 6.05. The minimum absolute atomic E-state index is 0.388. The highest BCUT2D eigenvalue weighted by Gasteiger charge is 2.41. The molecule has 3 N–H and O–H groups in total. The lowest BCUT2D eigenvalue weighted by molar-refractivity contribution is 0.461. The van der Waals surface area contributed by atoms with Gasteiger partial charge in [-0.15, -0.1) is 0 Å². The van der Waals surface area contributed by atoms with Crippen LogP contribution in [0.5, 0.6) is 0 Å². The summed E-state index contributed by atoms with van der Waals surface area (Å²) in [5.74, 6) is 2.23. The first kappa shape index (κ1) is 12.4. The molecular formula is C14H23N3. The number of nitrogen functional groups attached to an aromatic ring is 1. The van der Waals surface area contributed by atoms with Gasteiger partial charge in [0.1, 0.15) is 5.82 Å². The minimum Gasteiger partial charge on any atom is -0.383 e. The highest BCUT2D eigenvalue weighted by atomic mass is 15.0. The van der Waals surface area contributed by atoms with Crippen LogP contribution in [0.2, 0.25) is 0 Å². The van der Waals surface area contributed by atoms with Crippen LogP contribution in [0.3, 0.4) is 0 Å². The van der Waals surface area contributed by atoms with Crippen molar-refractivity contribution in [2.45, 2.75) is 39.7 Å². The van der Waals surface area contributed by atoms with Gasteiger partial charge in [-0.05, 0) is 49.8 Å². The summed E-state index contributed by atoms with van der Waals surface area (Å²) in [5, 5.41) is 3.64. The topological polar surface area (TPSA) is 50.9 Å². The monoisotopic (exact) mass is 233 g/mol. The second-order valence-corrected chi connectivity index (χ2v) is 5.24. The molecule has 3 nitrogen and oxygen atoms in total. The van der Waals surface area contributed by atoms with E-state index in [1.54, 1.807) is 6.20 Å². The van der Waals surface area contributed by atoms with Crippen molar-refractivity contribution in [3.8, 4) is 0 Å². The van der Waals surface area contributed by atoms with Gasteiger partial charge in [-0.25, -0.2) is 4.98 Å². The fourth-order valence-electron chi connectivity index (χ4n) is 2.58. The molecule has 1 aromatic rings. The SMILES string of the molecule is CCCNC(c1c(C)ccnc1N)C1CC1C. The molecule has 17 heavy (non-hydrogen) atoms. The number of nitrogens with one attached hydrogen (secondary N) is 1. The Balaban J connectivity index is 2.25. The van der Waals surface area contributed by atoms with E-state index >= 15 is 0 Å². The van der Waals surface area contributed by atoms with Crippen LogP contribution in [-0.4, -0.2) is 11.5 Å². The molecule has 1 heterocycles. The first-order valence-electron chi connectivity index (χ1n) is 6.59. The van der Waals surface area contributed by atoms with E-state index in [1.807, 2.05) is 0 Å². The molecule has 94 valence electrons. The predicted molar refractivity (Wildman–Crippen MR) is 71.7 cm³/mol. The maximum atomic E-state index is 6.05. The zero-order valence-corrected chi connectivity index (χ0v) is 11.0. The van der Waals surface area contributed by atoms with Crippen molar-refractivity contribution in [2.75, 3.05) is 12.3 Å². The fraction of sp³-hybridized carbons (Fsp3) is 0.643. The lowest BCUT2D eigenvalue weighted by Gasteiger charge is -2.22. The van der Waals surface area contributed by atoms with Crippen LogP contribution >= 0.6 is 0 Å². The van der Waals surface area contributed by atoms with Crippen molar-refractivity contribution >= 4 is 5.82 Å². The summed E-state index contributed by atoms with van der Waals surface area (Å²) in [6.07, 6.45) is 4.24. The second kappa shape index (κ2) is 5.05. The zero-order valence-electron chi connectivity index (χ0n) is 11.0. The Morgan fingerprint density at radius 1 is 1.59 bits per heavy atom. The number of anilines is 1. The summed E-state index contributed by atoms with van der Waals surface area (Å²) >= 11 is 0. The van der Waals surface area contributed by atoms with Gasteiger partial charge in [0.15, 0.2) is 0 Å². The molecule has 3 unspecified atom stereocenters. The smallest absolute Gasteiger partial charge is 0.128 e. The number of rotatable bonds is 5. The summed E-state index contributed by atoms with van der Waals surface area (Å²) in [4.78, 5) is 4.24. The molecule has 3 heteroatoms. The quantitative estimate of drug-likeness (QED) is 0.822. The third-order valence-corrected chi connectivity index (χ3v) is 3.76. The number of aryl methyl sites for hydroxylation is 1. The first-order valence-corrected chi connectivity index (χ1v) is 6.59. The van der Waals surface area contributed by atoms with Crippen molar-refractivity contribution in [3.05, 3.63) is 23.4 Å². The van der Waals surface area contributed by atoms with E-state index in [1.165, 1.54) is 17.5 Å². The number of hydrogen-bond acceptors (Lipinski definition) is 3. The van der Waals surface area contributed by atoms with E-state index in [-0.39, 0.29) is 0 Å². The van der Waals surface area contributed by atoms with Crippen LogP contribution in [0, 0.1) is 18.8 Å². The molecule has 1 saturated carbocycles. The summed E-state index contributed by atoms with van der Waals surface area (Å²) in [5.41, 5.74) is 8.53. The Morgan fingerprint density at radius 2 is 2.29 bits per heavy atom. The molecule has 0 aromatic carbocycles. The third kappa shape index (κ3) is 2.60. The molecule has 2 rings (SSSR count). The Kier molecular flexibility index (Phi) is 3.67. The van der Waals surface area contributed by atoms with Crippen molar-refractivity contribution in [1.82, 2.24) is 10.3 Å². The first-order chi connectivity index (χ1) is 8.15. The molecule has 3 atom stereocenters.